The Balaban J connectivity index is 1.54. The molecular weight excluding hydrogens is 402 g/mol. The van der Waals surface area contributed by atoms with Crippen molar-refractivity contribution in [3.05, 3.63) is 80.8 Å². The average molecular weight is 414 g/mol. The van der Waals surface area contributed by atoms with Crippen LogP contribution in [0.4, 0.5) is 11.4 Å². The molecule has 4 aromatic rings. The molecule has 11 heteroatoms. The van der Waals surface area contributed by atoms with E-state index in [2.05, 4.69) is 10.3 Å². The molecule has 0 unspecified atom stereocenters. The Bertz CT molecular complexity index is 1290. The summed E-state index contributed by atoms with van der Waals surface area (Å²) < 4.78 is 7.83. The summed E-state index contributed by atoms with van der Waals surface area (Å²) in [4.78, 5) is 38.7. The fourth-order valence-corrected chi connectivity index (χ4v) is 3.14. The van der Waals surface area contributed by atoms with Gasteiger partial charge in [0, 0.05) is 24.1 Å². The van der Waals surface area contributed by atoms with Gasteiger partial charge in [-0.2, -0.15) is 0 Å². The number of nitrogens with one attached hydrogen (secondary N) is 1. The van der Waals surface area contributed by atoms with Gasteiger partial charge in [0.25, 0.3) is 5.69 Å². The lowest BCUT2D eigenvalue weighted by atomic mass is 10.2. The number of anilines is 1. The van der Waals surface area contributed by atoms with Crippen LogP contribution < -0.4 is 11.1 Å². The molecule has 1 amide bonds. The van der Waals surface area contributed by atoms with Crippen molar-refractivity contribution in [2.45, 2.75) is 6.54 Å². The van der Waals surface area contributed by atoms with Gasteiger partial charge in [0.05, 0.1) is 33.5 Å². The van der Waals surface area contributed by atoms with E-state index in [0.717, 1.165) is 10.6 Å². The number of carbonyl (C=O) groups is 1. The normalized spacial score (nSPS) is 10.9. The average Bonchev–Trinajstić information content (AvgIpc) is 3.30. The maximum atomic E-state index is 12.4. The maximum absolute atomic E-state index is 12.4. The van der Waals surface area contributed by atoms with Crippen molar-refractivity contribution in [2.75, 3.05) is 5.32 Å². The Hall–Kier alpha value is -3.92. The number of imidazole rings is 1. The van der Waals surface area contributed by atoms with Crippen LogP contribution in [0.3, 0.4) is 0 Å². The first-order chi connectivity index (χ1) is 13.9. The molecule has 2 aromatic heterocycles. The van der Waals surface area contributed by atoms with Crippen LogP contribution in [-0.4, -0.2) is 24.9 Å². The van der Waals surface area contributed by atoms with Crippen LogP contribution in [0, 0.1) is 10.1 Å². The summed E-state index contributed by atoms with van der Waals surface area (Å²) in [5, 5.41) is 13.9. The molecule has 0 spiro atoms. The lowest BCUT2D eigenvalue weighted by molar-refractivity contribution is -0.384. The van der Waals surface area contributed by atoms with Crippen LogP contribution >= 0.6 is 11.6 Å². The SMILES string of the molecule is O=C(Cn1c(=O)oc2cc([N+](=O)[O-])ccc21)Nc1ccc(-n2ccnc2)c(Cl)c1. The van der Waals surface area contributed by atoms with Crippen molar-refractivity contribution in [2.24, 2.45) is 0 Å². The van der Waals surface area contributed by atoms with E-state index in [-0.39, 0.29) is 23.3 Å². The number of halogens is 1. The van der Waals surface area contributed by atoms with Gasteiger partial charge in [-0.25, -0.2) is 9.78 Å². The Morgan fingerprint density at radius 3 is 2.79 bits per heavy atom. The van der Waals surface area contributed by atoms with Crippen LogP contribution in [0.25, 0.3) is 16.8 Å². The molecule has 146 valence electrons. The monoisotopic (exact) mass is 413 g/mol. The molecular formula is C18H12ClN5O5. The first-order valence-corrected chi connectivity index (χ1v) is 8.65. The molecule has 0 atom stereocenters. The Labute approximate surface area is 167 Å². The fourth-order valence-electron chi connectivity index (χ4n) is 2.86. The Kier molecular flexibility index (Phi) is 4.61. The number of hydrogen-bond acceptors (Lipinski definition) is 6. The van der Waals surface area contributed by atoms with Gasteiger partial charge < -0.3 is 14.3 Å². The van der Waals surface area contributed by atoms with Gasteiger partial charge in [-0.15, -0.1) is 0 Å². The third-order valence-electron chi connectivity index (χ3n) is 4.18. The smallest absolute Gasteiger partial charge is 0.407 e. The molecule has 2 aromatic carbocycles. The molecule has 0 fully saturated rings. The number of rotatable bonds is 5. The van der Waals surface area contributed by atoms with Crippen molar-refractivity contribution < 1.29 is 14.1 Å². The van der Waals surface area contributed by atoms with Crippen molar-refractivity contribution in [3.8, 4) is 5.69 Å². The van der Waals surface area contributed by atoms with E-state index in [1.807, 2.05) is 0 Å². The van der Waals surface area contributed by atoms with E-state index in [0.29, 0.717) is 16.4 Å². The summed E-state index contributed by atoms with van der Waals surface area (Å²) >= 11 is 6.27. The van der Waals surface area contributed by atoms with E-state index in [1.165, 1.54) is 12.1 Å². The van der Waals surface area contributed by atoms with Crippen LogP contribution in [-0.2, 0) is 11.3 Å². The van der Waals surface area contributed by atoms with E-state index < -0.39 is 16.6 Å². The molecule has 0 radical (unpaired) electrons. The molecule has 0 bridgehead atoms. The van der Waals surface area contributed by atoms with Gasteiger partial charge in [-0.05, 0) is 24.3 Å². The fraction of sp³-hybridized carbons (Fsp3) is 0.0556. The first kappa shape index (κ1) is 18.4. The lowest BCUT2D eigenvalue weighted by Gasteiger charge is -2.09. The van der Waals surface area contributed by atoms with Crippen LogP contribution in [0.1, 0.15) is 0 Å². The minimum atomic E-state index is -0.788. The zero-order chi connectivity index (χ0) is 20.5. The number of nitrogens with zero attached hydrogens (tertiary/aromatic N) is 4. The van der Waals surface area contributed by atoms with Crippen LogP contribution in [0.5, 0.6) is 0 Å². The quantitative estimate of drug-likeness (QED) is 0.396. The highest BCUT2D eigenvalue weighted by Gasteiger charge is 2.16. The molecule has 4 rings (SSSR count). The van der Waals surface area contributed by atoms with Crippen LogP contribution in [0.15, 0.2) is 64.3 Å². The zero-order valence-corrected chi connectivity index (χ0v) is 15.4. The van der Waals surface area contributed by atoms with Crippen molar-refractivity contribution in [1.29, 1.82) is 0 Å². The number of hydrogen-bond donors (Lipinski definition) is 1. The number of nitro benzene ring substituents is 1. The van der Waals surface area contributed by atoms with Gasteiger partial charge in [0.2, 0.25) is 5.91 Å². The zero-order valence-electron chi connectivity index (χ0n) is 14.6. The maximum Gasteiger partial charge on any atom is 0.420 e. The van der Waals surface area contributed by atoms with E-state index in [9.17, 15) is 19.7 Å². The molecule has 1 N–H and O–H groups in total. The summed E-state index contributed by atoms with van der Waals surface area (Å²) in [6, 6.07) is 8.70. The number of carbonyl (C=O) groups excluding carboxylic acids is 1. The summed E-state index contributed by atoms with van der Waals surface area (Å²) in [5.41, 5.74) is 1.24. The minimum Gasteiger partial charge on any atom is -0.407 e. The van der Waals surface area contributed by atoms with Gasteiger partial charge in [-0.1, -0.05) is 11.6 Å². The van der Waals surface area contributed by atoms with Crippen molar-refractivity contribution in [1.82, 2.24) is 14.1 Å². The molecule has 0 aliphatic rings. The second-order valence-corrected chi connectivity index (χ2v) is 6.45. The molecule has 0 aliphatic heterocycles. The Morgan fingerprint density at radius 2 is 2.10 bits per heavy atom. The largest absolute Gasteiger partial charge is 0.420 e. The van der Waals surface area contributed by atoms with E-state index in [1.54, 1.807) is 41.5 Å². The second-order valence-electron chi connectivity index (χ2n) is 6.05. The number of fused-ring (bicyclic) bond motifs is 1. The first-order valence-electron chi connectivity index (χ1n) is 8.28. The third-order valence-corrected chi connectivity index (χ3v) is 4.48. The topological polar surface area (TPSA) is 125 Å². The number of oxazole rings is 1. The highest BCUT2D eigenvalue weighted by Crippen LogP contribution is 2.24. The van der Waals surface area contributed by atoms with Gasteiger partial charge in [0.15, 0.2) is 5.58 Å². The predicted molar refractivity (Wildman–Crippen MR) is 104 cm³/mol. The van der Waals surface area contributed by atoms with Gasteiger partial charge in [0.1, 0.15) is 6.54 Å². The van der Waals surface area contributed by atoms with E-state index >= 15 is 0 Å². The molecule has 0 saturated carbocycles. The van der Waals surface area contributed by atoms with Crippen molar-refractivity contribution in [3.63, 3.8) is 0 Å². The predicted octanol–water partition coefficient (Wildman–Crippen LogP) is 2.98. The number of nitro groups is 1. The van der Waals surface area contributed by atoms with Gasteiger partial charge in [-0.3, -0.25) is 19.5 Å². The van der Waals surface area contributed by atoms with Crippen LogP contribution in [0.2, 0.25) is 5.02 Å². The lowest BCUT2D eigenvalue weighted by Crippen LogP contribution is -2.24. The summed E-state index contributed by atoms with van der Waals surface area (Å²) in [5.74, 6) is -1.27. The van der Waals surface area contributed by atoms with Gasteiger partial charge >= 0.3 is 5.76 Å². The third kappa shape index (κ3) is 3.60. The number of benzene rings is 2. The number of amides is 1. The minimum absolute atomic E-state index is 0.0322. The summed E-state index contributed by atoms with van der Waals surface area (Å²) in [6.45, 7) is -0.329. The molecule has 10 nitrogen and oxygen atoms in total. The molecule has 0 saturated heterocycles. The van der Waals surface area contributed by atoms with Crippen molar-refractivity contribution >= 4 is 40.0 Å². The second kappa shape index (κ2) is 7.24. The molecule has 2 heterocycles. The summed E-state index contributed by atoms with van der Waals surface area (Å²) in [6.07, 6.45) is 4.95. The summed E-state index contributed by atoms with van der Waals surface area (Å²) in [7, 11) is 0. The Morgan fingerprint density at radius 1 is 1.28 bits per heavy atom. The standard InChI is InChI=1S/C18H12ClN5O5/c19-13-7-11(1-3-14(13)22-6-5-20-10-22)21-17(25)9-23-15-4-2-12(24(27)28)8-16(15)29-18(23)26/h1-8,10H,9H2,(H,21,25). The number of aromatic nitrogens is 3. The number of non-ortho nitro benzene ring substituents is 1. The molecule has 29 heavy (non-hydrogen) atoms. The molecule has 0 aliphatic carbocycles. The van der Waals surface area contributed by atoms with E-state index in [4.69, 9.17) is 16.0 Å². The highest BCUT2D eigenvalue weighted by atomic mass is 35.5. The highest BCUT2D eigenvalue weighted by molar-refractivity contribution is 6.32.